The van der Waals surface area contributed by atoms with Crippen LogP contribution in [-0.4, -0.2) is 43.6 Å². The molecule has 0 aromatic heterocycles. The van der Waals surface area contributed by atoms with Crippen molar-refractivity contribution in [1.82, 2.24) is 0 Å². The maximum absolute atomic E-state index is 9.65. The molecule has 0 spiro atoms. The van der Waals surface area contributed by atoms with Crippen molar-refractivity contribution in [2.45, 2.75) is 6.54 Å². The number of benzene rings is 1. The van der Waals surface area contributed by atoms with Gasteiger partial charge in [-0.1, -0.05) is 0 Å². The minimum atomic E-state index is 0. The third-order valence-electron chi connectivity index (χ3n) is 2.56. The molecule has 1 aromatic rings. The van der Waals surface area contributed by atoms with Gasteiger partial charge in [0.1, 0.15) is 31.1 Å². The van der Waals surface area contributed by atoms with Crippen LogP contribution in [0.1, 0.15) is 5.56 Å². The molecule has 1 aromatic carbocycles. The first kappa shape index (κ1) is 20.6. The van der Waals surface area contributed by atoms with Crippen LogP contribution in [-0.2, 0) is 6.54 Å². The summed E-state index contributed by atoms with van der Waals surface area (Å²) in [6, 6.07) is 5.25. The highest BCUT2D eigenvalue weighted by Crippen LogP contribution is 2.21. The molecule has 1 rings (SSSR count). The molecule has 0 heterocycles. The van der Waals surface area contributed by atoms with Crippen LogP contribution in [0, 0.1) is 0 Å². The summed E-state index contributed by atoms with van der Waals surface area (Å²) in [5.41, 5.74) is 0.881. The maximum atomic E-state index is 9.65. The van der Waals surface area contributed by atoms with Crippen LogP contribution in [0.15, 0.2) is 18.2 Å². The van der Waals surface area contributed by atoms with Gasteiger partial charge in [-0.2, -0.15) is 0 Å². The zero-order chi connectivity index (χ0) is 12.5. The molecule has 19 heavy (non-hydrogen) atoms. The average molecular weight is 313 g/mol. The summed E-state index contributed by atoms with van der Waals surface area (Å²) in [6.45, 7) is 3.62. The van der Waals surface area contributed by atoms with Crippen molar-refractivity contribution in [2.24, 2.45) is 0 Å². The van der Waals surface area contributed by atoms with Gasteiger partial charge in [0.2, 0.25) is 0 Å². The van der Waals surface area contributed by atoms with Crippen LogP contribution in [0.3, 0.4) is 0 Å². The molecule has 0 aliphatic carbocycles. The molecular formula is C12H22Cl2N2O3. The number of halogens is 2. The standard InChI is InChI=1S/C12H20N2O3.2ClH/c1-17-11-2-3-12(16)10(8-11)9-14-5-4-13-6-7-15;;/h2-3,8,13-16H,4-7,9H2,1H3;2*1H. The molecule has 0 aliphatic rings. The molecule has 0 aliphatic heterocycles. The van der Waals surface area contributed by atoms with Gasteiger partial charge in [-0.15, -0.1) is 0 Å². The molecule has 7 heteroatoms. The summed E-state index contributed by atoms with van der Waals surface area (Å²) in [7, 11) is 1.61. The van der Waals surface area contributed by atoms with Crippen molar-refractivity contribution in [3.63, 3.8) is 0 Å². The van der Waals surface area contributed by atoms with Gasteiger partial charge in [0, 0.05) is 0 Å². The second kappa shape index (κ2) is 12.3. The molecule has 0 saturated heterocycles. The van der Waals surface area contributed by atoms with Gasteiger partial charge < -0.3 is 50.4 Å². The number of aliphatic hydroxyl groups is 1. The van der Waals surface area contributed by atoms with Crippen molar-refractivity contribution in [3.05, 3.63) is 23.8 Å². The molecule has 0 atom stereocenters. The lowest BCUT2D eigenvalue weighted by Crippen LogP contribution is -3.00. The van der Waals surface area contributed by atoms with E-state index in [0.717, 1.165) is 37.5 Å². The number of hydrogen-bond acceptors (Lipinski definition) is 3. The number of ether oxygens (including phenoxy) is 1. The predicted octanol–water partition coefficient (Wildman–Crippen LogP) is -7.97. The topological polar surface area (TPSA) is 82.9 Å². The number of rotatable bonds is 8. The molecule has 0 radical (unpaired) electrons. The molecule has 0 saturated carbocycles. The number of quaternary nitrogens is 2. The van der Waals surface area contributed by atoms with Crippen molar-refractivity contribution in [1.29, 1.82) is 0 Å². The molecule has 112 valence electrons. The molecule has 0 bridgehead atoms. The first-order valence-electron chi connectivity index (χ1n) is 5.88. The Morgan fingerprint density at radius 1 is 1.11 bits per heavy atom. The number of methoxy groups -OCH3 is 1. The Balaban J connectivity index is 0. The monoisotopic (exact) mass is 312 g/mol. The summed E-state index contributed by atoms with van der Waals surface area (Å²) >= 11 is 0. The van der Waals surface area contributed by atoms with Crippen molar-refractivity contribution < 1.29 is 50.4 Å². The minimum Gasteiger partial charge on any atom is -1.00 e. The van der Waals surface area contributed by atoms with E-state index in [2.05, 4.69) is 10.6 Å². The van der Waals surface area contributed by atoms with Gasteiger partial charge in [0.15, 0.2) is 0 Å². The maximum Gasteiger partial charge on any atom is 0.125 e. The molecule has 0 amide bonds. The van der Waals surface area contributed by atoms with Crippen LogP contribution in [0.5, 0.6) is 11.5 Å². The van der Waals surface area contributed by atoms with Gasteiger partial charge >= 0.3 is 0 Å². The lowest BCUT2D eigenvalue weighted by Gasteiger charge is -2.06. The summed E-state index contributed by atoms with van der Waals surface area (Å²) in [6.07, 6.45) is 0. The highest BCUT2D eigenvalue weighted by atomic mass is 35.5. The van der Waals surface area contributed by atoms with E-state index < -0.39 is 0 Å². The van der Waals surface area contributed by atoms with E-state index in [-0.39, 0.29) is 31.4 Å². The van der Waals surface area contributed by atoms with Crippen molar-refractivity contribution in [2.75, 3.05) is 33.4 Å². The third kappa shape index (κ3) is 8.13. The fourth-order valence-corrected chi connectivity index (χ4v) is 1.58. The normalized spacial score (nSPS) is 9.37. The van der Waals surface area contributed by atoms with E-state index in [1.54, 1.807) is 19.2 Å². The van der Waals surface area contributed by atoms with Gasteiger partial charge in [-0.05, 0) is 18.2 Å². The summed E-state index contributed by atoms with van der Waals surface area (Å²) in [5, 5.41) is 22.5. The second-order valence-electron chi connectivity index (χ2n) is 3.87. The zero-order valence-corrected chi connectivity index (χ0v) is 12.5. The fourth-order valence-electron chi connectivity index (χ4n) is 1.58. The summed E-state index contributed by atoms with van der Waals surface area (Å²) in [5.74, 6) is 1.07. The smallest absolute Gasteiger partial charge is 0.125 e. The highest BCUT2D eigenvalue weighted by molar-refractivity contribution is 5.38. The minimum absolute atomic E-state index is 0. The fraction of sp³-hybridized carbons (Fsp3) is 0.500. The third-order valence-corrected chi connectivity index (χ3v) is 2.56. The van der Waals surface area contributed by atoms with Crippen LogP contribution in [0.4, 0.5) is 0 Å². The molecule has 5 nitrogen and oxygen atoms in total. The zero-order valence-electron chi connectivity index (χ0n) is 11.0. The van der Waals surface area contributed by atoms with E-state index >= 15 is 0 Å². The number of nitrogens with two attached hydrogens (primary N) is 2. The summed E-state index contributed by atoms with van der Waals surface area (Å²) in [4.78, 5) is 0. The van der Waals surface area contributed by atoms with Crippen LogP contribution < -0.4 is 40.2 Å². The Morgan fingerprint density at radius 3 is 2.42 bits per heavy atom. The number of aromatic hydroxyl groups is 1. The van der Waals surface area contributed by atoms with Crippen LogP contribution in [0.25, 0.3) is 0 Å². The van der Waals surface area contributed by atoms with E-state index in [4.69, 9.17) is 9.84 Å². The predicted molar refractivity (Wildman–Crippen MR) is 63.9 cm³/mol. The average Bonchev–Trinajstić information content (AvgIpc) is 2.35. The van der Waals surface area contributed by atoms with Crippen LogP contribution >= 0.6 is 0 Å². The van der Waals surface area contributed by atoms with Gasteiger partial charge in [-0.3, -0.25) is 0 Å². The first-order chi connectivity index (χ1) is 8.27. The number of hydrogen-bond donors (Lipinski definition) is 4. The van der Waals surface area contributed by atoms with E-state index in [0.29, 0.717) is 5.75 Å². The largest absolute Gasteiger partial charge is 1.00 e. The number of aliphatic hydroxyl groups excluding tert-OH is 1. The van der Waals surface area contributed by atoms with Crippen LogP contribution in [0.2, 0.25) is 0 Å². The second-order valence-corrected chi connectivity index (χ2v) is 3.87. The van der Waals surface area contributed by atoms with Crippen molar-refractivity contribution >= 4 is 0 Å². The SMILES string of the molecule is COc1ccc(O)c(C[NH2+]CC[NH2+]CCO)c1.[Cl-].[Cl-]. The molecule has 0 fully saturated rings. The number of phenols is 1. The Labute approximate surface area is 126 Å². The van der Waals surface area contributed by atoms with E-state index in [1.807, 2.05) is 6.07 Å². The van der Waals surface area contributed by atoms with E-state index in [9.17, 15) is 5.11 Å². The van der Waals surface area contributed by atoms with E-state index in [1.165, 1.54) is 0 Å². The quantitative estimate of drug-likeness (QED) is 0.360. The van der Waals surface area contributed by atoms with Gasteiger partial charge in [0.25, 0.3) is 0 Å². The van der Waals surface area contributed by atoms with Gasteiger partial charge in [-0.25, -0.2) is 0 Å². The lowest BCUT2D eigenvalue weighted by atomic mass is 10.2. The molecular weight excluding hydrogens is 291 g/mol. The van der Waals surface area contributed by atoms with Gasteiger partial charge in [0.05, 0.1) is 25.8 Å². The van der Waals surface area contributed by atoms with Crippen molar-refractivity contribution in [3.8, 4) is 11.5 Å². The Hall–Kier alpha value is -0.720. The number of phenolic OH excluding ortho intramolecular Hbond substituents is 1. The summed E-state index contributed by atoms with van der Waals surface area (Å²) < 4.78 is 5.11. The Bertz CT molecular complexity index is 341. The Kier molecular flexibility index (Phi) is 13.4. The highest BCUT2D eigenvalue weighted by Gasteiger charge is 2.05. The molecule has 6 N–H and O–H groups in total. The molecule has 0 unspecified atom stereocenters. The Morgan fingerprint density at radius 2 is 1.79 bits per heavy atom. The first-order valence-corrected chi connectivity index (χ1v) is 5.88. The lowest BCUT2D eigenvalue weighted by molar-refractivity contribution is -0.731.